The van der Waals surface area contributed by atoms with Crippen molar-refractivity contribution in [2.75, 3.05) is 7.11 Å². The normalized spacial score (nSPS) is 11.9. The lowest BCUT2D eigenvalue weighted by Crippen LogP contribution is -2.04. The number of hydrogen-bond donors (Lipinski definition) is 0. The molecule has 0 bridgehead atoms. The molecule has 27 heavy (non-hydrogen) atoms. The van der Waals surface area contributed by atoms with Gasteiger partial charge in [-0.05, 0) is 56.5 Å². The van der Waals surface area contributed by atoms with Crippen LogP contribution >= 0.6 is 12.0 Å². The number of ether oxygens (including phenoxy) is 1. The van der Waals surface area contributed by atoms with E-state index < -0.39 is 17.6 Å². The van der Waals surface area contributed by atoms with Crippen molar-refractivity contribution in [1.82, 2.24) is 9.55 Å². The Bertz CT molecular complexity index is 989. The number of methoxy groups -OCH3 is 1. The van der Waals surface area contributed by atoms with Gasteiger partial charge in [-0.3, -0.25) is 0 Å². The second-order valence-electron chi connectivity index (χ2n) is 6.36. The summed E-state index contributed by atoms with van der Waals surface area (Å²) in [5.41, 5.74) is 0.290. The Balaban J connectivity index is 2.21. The van der Waals surface area contributed by atoms with Crippen LogP contribution in [0.5, 0.6) is 11.5 Å². The number of pyridine rings is 1. The fourth-order valence-corrected chi connectivity index (χ4v) is 3.55. The average Bonchev–Trinajstić information content (AvgIpc) is 2.87. The van der Waals surface area contributed by atoms with Crippen LogP contribution in [0, 0.1) is 27.7 Å². The van der Waals surface area contributed by atoms with Crippen molar-refractivity contribution in [3.63, 3.8) is 0 Å². The Morgan fingerprint density at radius 2 is 1.63 bits per heavy atom. The van der Waals surface area contributed by atoms with Crippen LogP contribution in [0.1, 0.15) is 22.4 Å². The average molecular weight is 396 g/mol. The van der Waals surface area contributed by atoms with Gasteiger partial charge < -0.3 is 13.5 Å². The predicted molar refractivity (Wildman–Crippen MR) is 101 cm³/mol. The summed E-state index contributed by atoms with van der Waals surface area (Å²) in [6, 6.07) is 5.35. The maximum absolute atomic E-state index is 12.6. The highest BCUT2D eigenvalue weighted by Crippen LogP contribution is 2.39. The van der Waals surface area contributed by atoms with Crippen LogP contribution in [0.25, 0.3) is 16.7 Å². The first-order valence-electron chi connectivity index (χ1n) is 8.18. The number of nitrogens with zero attached hydrogens (tertiary/aromatic N) is 2. The molecular weight excluding hydrogens is 377 g/mol. The third-order valence-electron chi connectivity index (χ3n) is 4.20. The number of fused-ring (bicyclic) bond motifs is 1. The van der Waals surface area contributed by atoms with Crippen molar-refractivity contribution in [2.45, 2.75) is 33.2 Å². The van der Waals surface area contributed by atoms with Gasteiger partial charge in [0.1, 0.15) is 11.4 Å². The van der Waals surface area contributed by atoms with Gasteiger partial charge >= 0.3 is 5.51 Å². The molecule has 0 spiro atoms. The number of benzene rings is 1. The second-order valence-corrected chi connectivity index (χ2v) is 7.16. The molecule has 144 valence electrons. The Morgan fingerprint density at radius 1 is 1.00 bits per heavy atom. The lowest BCUT2D eigenvalue weighted by Gasteiger charge is -2.15. The monoisotopic (exact) mass is 396 g/mol. The third kappa shape index (κ3) is 3.85. The lowest BCUT2D eigenvalue weighted by atomic mass is 10.1. The molecule has 2 aromatic heterocycles. The van der Waals surface area contributed by atoms with E-state index in [-0.39, 0.29) is 5.75 Å². The molecule has 2 heterocycles. The number of alkyl halides is 3. The Morgan fingerprint density at radius 3 is 2.19 bits per heavy atom. The lowest BCUT2D eigenvalue weighted by molar-refractivity contribution is -0.0369. The zero-order valence-corrected chi connectivity index (χ0v) is 16.4. The van der Waals surface area contributed by atoms with Gasteiger partial charge in [-0.15, -0.1) is 0 Å². The van der Waals surface area contributed by atoms with Gasteiger partial charge in [0.05, 0.1) is 18.2 Å². The predicted octanol–water partition coefficient (Wildman–Crippen LogP) is 5.81. The van der Waals surface area contributed by atoms with E-state index in [0.717, 1.165) is 28.1 Å². The van der Waals surface area contributed by atoms with E-state index in [1.807, 2.05) is 43.7 Å². The molecule has 8 heteroatoms. The highest BCUT2D eigenvalue weighted by Gasteiger charge is 2.32. The molecule has 0 amide bonds. The zero-order chi connectivity index (χ0) is 19.9. The first kappa shape index (κ1) is 19.4. The first-order valence-corrected chi connectivity index (χ1v) is 8.92. The van der Waals surface area contributed by atoms with Gasteiger partial charge in [-0.25, -0.2) is 4.98 Å². The number of hydrogen-bond acceptors (Lipinski definition) is 4. The number of aryl methyl sites for hydroxylation is 4. The SMILES string of the molecule is COc1cc(C)c(-n2cc(C)c3c(OSC(F)(F)F)cc(C)nc32)c(C)c1. The van der Waals surface area contributed by atoms with E-state index in [0.29, 0.717) is 16.7 Å². The number of rotatable bonds is 4. The van der Waals surface area contributed by atoms with Gasteiger partial charge in [0.15, 0.2) is 17.8 Å². The molecule has 0 N–H and O–H groups in total. The minimum absolute atomic E-state index is 0.153. The minimum atomic E-state index is -4.48. The van der Waals surface area contributed by atoms with Crippen LogP contribution in [-0.4, -0.2) is 22.2 Å². The molecule has 0 radical (unpaired) electrons. The van der Waals surface area contributed by atoms with E-state index >= 15 is 0 Å². The van der Waals surface area contributed by atoms with Crippen molar-refractivity contribution in [3.05, 3.63) is 46.8 Å². The molecule has 1 aromatic carbocycles. The maximum Gasteiger partial charge on any atom is 0.479 e. The second kappa shape index (κ2) is 6.99. The van der Waals surface area contributed by atoms with Gasteiger partial charge in [-0.2, -0.15) is 13.2 Å². The van der Waals surface area contributed by atoms with Crippen LogP contribution in [0.2, 0.25) is 0 Å². The molecule has 0 saturated carbocycles. The molecule has 3 rings (SSSR count). The summed E-state index contributed by atoms with van der Waals surface area (Å²) in [6.45, 7) is 7.47. The van der Waals surface area contributed by atoms with Crippen molar-refractivity contribution in [2.24, 2.45) is 0 Å². The molecule has 4 nitrogen and oxygen atoms in total. The summed E-state index contributed by atoms with van der Waals surface area (Å²) >= 11 is -0.518. The molecule has 0 saturated heterocycles. The number of aromatic nitrogens is 2. The van der Waals surface area contributed by atoms with Crippen molar-refractivity contribution >= 4 is 23.1 Å². The molecule has 0 aliphatic carbocycles. The van der Waals surface area contributed by atoms with E-state index in [4.69, 9.17) is 8.92 Å². The van der Waals surface area contributed by atoms with Crippen molar-refractivity contribution in [1.29, 1.82) is 0 Å². The van der Waals surface area contributed by atoms with Gasteiger partial charge in [0.25, 0.3) is 0 Å². The number of halogens is 3. The molecule has 0 unspecified atom stereocenters. The highest BCUT2D eigenvalue weighted by atomic mass is 32.2. The molecule has 3 aromatic rings. The topological polar surface area (TPSA) is 36.3 Å². The molecule has 0 fully saturated rings. The quantitative estimate of drug-likeness (QED) is 0.521. The minimum Gasteiger partial charge on any atom is -0.497 e. The maximum atomic E-state index is 12.6. The Labute approximate surface area is 159 Å². The molecule has 0 aliphatic rings. The Kier molecular flexibility index (Phi) is 5.03. The molecule has 0 atom stereocenters. The van der Waals surface area contributed by atoms with E-state index in [1.54, 1.807) is 14.0 Å². The van der Waals surface area contributed by atoms with Gasteiger partial charge in [0.2, 0.25) is 0 Å². The van der Waals surface area contributed by atoms with Crippen molar-refractivity contribution < 1.29 is 22.1 Å². The van der Waals surface area contributed by atoms with Crippen LogP contribution in [0.15, 0.2) is 24.4 Å². The van der Waals surface area contributed by atoms with Gasteiger partial charge in [0, 0.05) is 18.0 Å². The first-order chi connectivity index (χ1) is 12.6. The molecule has 0 aliphatic heterocycles. The standard InChI is InChI=1S/C19H19F3N2O2S/c1-10-6-14(25-5)7-11(2)17(10)24-9-12(3)16-15(26-27-19(20,21)22)8-13(4)23-18(16)24/h6-9H,1-5H3. The van der Waals surface area contributed by atoms with Gasteiger partial charge in [-0.1, -0.05) is 0 Å². The third-order valence-corrected chi connectivity index (χ3v) is 4.66. The van der Waals surface area contributed by atoms with Crippen LogP contribution in [0.3, 0.4) is 0 Å². The fourth-order valence-electron chi connectivity index (χ4n) is 3.23. The summed E-state index contributed by atoms with van der Waals surface area (Å²) in [4.78, 5) is 4.56. The van der Waals surface area contributed by atoms with E-state index in [9.17, 15) is 13.2 Å². The summed E-state index contributed by atoms with van der Waals surface area (Å²) in [6.07, 6.45) is 1.87. The Hall–Kier alpha value is -2.35. The summed E-state index contributed by atoms with van der Waals surface area (Å²) in [5.74, 6) is 0.900. The summed E-state index contributed by atoms with van der Waals surface area (Å²) < 4.78 is 50.0. The summed E-state index contributed by atoms with van der Waals surface area (Å²) in [7, 11) is 1.61. The fraction of sp³-hybridized carbons (Fsp3) is 0.316. The zero-order valence-electron chi connectivity index (χ0n) is 15.6. The largest absolute Gasteiger partial charge is 0.497 e. The van der Waals surface area contributed by atoms with Crippen LogP contribution in [-0.2, 0) is 0 Å². The van der Waals surface area contributed by atoms with Crippen LogP contribution in [0.4, 0.5) is 13.2 Å². The van der Waals surface area contributed by atoms with Crippen molar-refractivity contribution in [3.8, 4) is 17.2 Å². The van der Waals surface area contributed by atoms with E-state index in [2.05, 4.69) is 4.98 Å². The highest BCUT2D eigenvalue weighted by molar-refractivity contribution is 7.95. The van der Waals surface area contributed by atoms with E-state index in [1.165, 1.54) is 6.07 Å². The van der Waals surface area contributed by atoms with Crippen LogP contribution < -0.4 is 8.92 Å². The molecular formula is C19H19F3N2O2S. The summed E-state index contributed by atoms with van der Waals surface area (Å²) in [5, 5.41) is 0.562. The smallest absolute Gasteiger partial charge is 0.479 e.